The van der Waals surface area contributed by atoms with Crippen LogP contribution in [0, 0.1) is 6.92 Å². The smallest absolute Gasteiger partial charge is 0.308 e. The minimum Gasteiger partial charge on any atom is -0.308 e. The zero-order valence-electron chi connectivity index (χ0n) is 15.3. The summed E-state index contributed by atoms with van der Waals surface area (Å²) in [6, 6.07) is 21.7. The minimum absolute atomic E-state index is 0.995. The Balaban J connectivity index is 1.95. The van der Waals surface area contributed by atoms with Crippen LogP contribution in [0.5, 0.6) is 0 Å². The van der Waals surface area contributed by atoms with Gasteiger partial charge in [0, 0.05) is 27.6 Å². The Bertz CT molecular complexity index is 1490. The lowest BCUT2D eigenvalue weighted by Gasteiger charge is -2.06. The van der Waals surface area contributed by atoms with Crippen molar-refractivity contribution in [3.8, 4) is 11.4 Å². The van der Waals surface area contributed by atoms with Crippen molar-refractivity contribution in [2.75, 3.05) is 0 Å². The first kappa shape index (κ1) is 14.7. The number of hydrogen-bond donors (Lipinski definition) is 0. The normalized spacial score (nSPS) is 12.1. The van der Waals surface area contributed by atoms with E-state index >= 15 is 0 Å². The number of aryl methyl sites for hydroxylation is 2. The standard InChI is InChI=1S/C24H18N3/c1-15-18(24-25-12-7-13-26(24)2)14-19-16-8-3-5-10-20(16)27-21-11-6-4-9-17(21)22(15)23(19)27/h3-14H,1-2H3/q+1. The van der Waals surface area contributed by atoms with E-state index in [1.807, 2.05) is 12.3 Å². The maximum Gasteiger partial charge on any atom is 0.330 e. The summed E-state index contributed by atoms with van der Waals surface area (Å²) in [6.07, 6.45) is 3.93. The van der Waals surface area contributed by atoms with Gasteiger partial charge in [0.25, 0.3) is 0 Å². The topological polar surface area (TPSA) is 21.2 Å². The molecule has 3 heteroatoms. The summed E-state index contributed by atoms with van der Waals surface area (Å²) in [5, 5.41) is 5.23. The lowest BCUT2D eigenvalue weighted by molar-refractivity contribution is -0.663. The molecule has 3 nitrogen and oxygen atoms in total. The van der Waals surface area contributed by atoms with Crippen LogP contribution in [0.25, 0.3) is 49.5 Å². The highest BCUT2D eigenvalue weighted by molar-refractivity contribution is 6.25. The largest absolute Gasteiger partial charge is 0.330 e. The summed E-state index contributed by atoms with van der Waals surface area (Å²) < 4.78 is 4.52. The van der Waals surface area contributed by atoms with E-state index in [1.165, 1.54) is 49.2 Å². The maximum absolute atomic E-state index is 4.69. The molecule has 3 heterocycles. The molecule has 0 saturated heterocycles. The van der Waals surface area contributed by atoms with Crippen LogP contribution in [0.4, 0.5) is 0 Å². The summed E-state index contributed by atoms with van der Waals surface area (Å²) in [6.45, 7) is 2.23. The van der Waals surface area contributed by atoms with Crippen LogP contribution in [-0.2, 0) is 7.05 Å². The van der Waals surface area contributed by atoms with Crippen molar-refractivity contribution in [2.24, 2.45) is 7.05 Å². The molecule has 0 saturated carbocycles. The lowest BCUT2D eigenvalue weighted by Crippen LogP contribution is -2.31. The van der Waals surface area contributed by atoms with Crippen LogP contribution in [0.2, 0.25) is 0 Å². The zero-order chi connectivity index (χ0) is 18.1. The first-order chi connectivity index (χ1) is 13.3. The fourth-order valence-corrected chi connectivity index (χ4v) is 4.62. The van der Waals surface area contributed by atoms with Crippen LogP contribution < -0.4 is 4.57 Å². The van der Waals surface area contributed by atoms with Crippen molar-refractivity contribution in [2.45, 2.75) is 6.92 Å². The summed E-state index contributed by atoms with van der Waals surface area (Å²) in [5.41, 5.74) is 6.33. The van der Waals surface area contributed by atoms with Crippen molar-refractivity contribution in [3.63, 3.8) is 0 Å². The predicted octanol–water partition coefficient (Wildman–Crippen LogP) is 5.03. The quantitative estimate of drug-likeness (QED) is 0.382. The van der Waals surface area contributed by atoms with Crippen molar-refractivity contribution in [1.82, 2.24) is 9.38 Å². The summed E-state index contributed by atoms with van der Waals surface area (Å²) in [5.74, 6) is 0.995. The van der Waals surface area contributed by atoms with E-state index in [0.29, 0.717) is 0 Å². The minimum atomic E-state index is 0.995. The Hall–Kier alpha value is -3.46. The number of nitrogens with zero attached hydrogens (tertiary/aromatic N) is 3. The highest BCUT2D eigenvalue weighted by Gasteiger charge is 2.24. The molecule has 0 unspecified atom stereocenters. The molecule has 0 aliphatic carbocycles. The fraction of sp³-hybridized carbons (Fsp3) is 0.0833. The van der Waals surface area contributed by atoms with E-state index in [2.05, 4.69) is 88.7 Å². The average Bonchev–Trinajstić information content (AvgIpc) is 3.21. The van der Waals surface area contributed by atoms with Gasteiger partial charge in [0.05, 0.1) is 35.4 Å². The van der Waals surface area contributed by atoms with E-state index in [0.717, 1.165) is 5.82 Å². The molecule has 0 atom stereocenters. The molecular weight excluding hydrogens is 330 g/mol. The SMILES string of the molecule is Cc1c(-c2nccc[n+]2C)cc2c3ccccc3n3c4ccccc4c1c23. The Morgan fingerprint density at radius 1 is 0.852 bits per heavy atom. The first-order valence-electron chi connectivity index (χ1n) is 9.23. The van der Waals surface area contributed by atoms with Gasteiger partial charge in [-0.1, -0.05) is 36.4 Å². The Morgan fingerprint density at radius 3 is 2.33 bits per heavy atom. The van der Waals surface area contributed by atoms with Gasteiger partial charge in [-0.3, -0.25) is 0 Å². The van der Waals surface area contributed by atoms with Gasteiger partial charge >= 0.3 is 5.82 Å². The summed E-state index contributed by atoms with van der Waals surface area (Å²) in [7, 11) is 2.06. The number of rotatable bonds is 1. The maximum atomic E-state index is 4.69. The van der Waals surface area contributed by atoms with Crippen LogP contribution in [0.1, 0.15) is 5.56 Å². The van der Waals surface area contributed by atoms with E-state index in [9.17, 15) is 0 Å². The lowest BCUT2D eigenvalue weighted by atomic mass is 9.97. The summed E-state index contributed by atoms with van der Waals surface area (Å²) >= 11 is 0. The second-order valence-electron chi connectivity index (χ2n) is 7.24. The van der Waals surface area contributed by atoms with E-state index in [1.54, 1.807) is 0 Å². The number of para-hydroxylation sites is 2. The highest BCUT2D eigenvalue weighted by Crippen LogP contribution is 2.43. The second kappa shape index (κ2) is 5.04. The monoisotopic (exact) mass is 348 g/mol. The van der Waals surface area contributed by atoms with Gasteiger partial charge in [0.15, 0.2) is 0 Å². The van der Waals surface area contributed by atoms with Gasteiger partial charge in [0.1, 0.15) is 6.20 Å². The fourth-order valence-electron chi connectivity index (χ4n) is 4.62. The van der Waals surface area contributed by atoms with Crippen LogP contribution in [0.3, 0.4) is 0 Å². The third-order valence-corrected chi connectivity index (χ3v) is 5.80. The molecule has 0 amide bonds. The molecule has 0 aliphatic rings. The molecule has 0 aliphatic heterocycles. The Morgan fingerprint density at radius 2 is 1.56 bits per heavy atom. The van der Waals surface area contributed by atoms with Crippen LogP contribution in [-0.4, -0.2) is 9.38 Å². The molecule has 6 aromatic rings. The molecule has 3 aromatic carbocycles. The van der Waals surface area contributed by atoms with Gasteiger partial charge in [-0.15, -0.1) is 0 Å². The van der Waals surface area contributed by atoms with Crippen molar-refractivity contribution < 1.29 is 4.57 Å². The van der Waals surface area contributed by atoms with Crippen LogP contribution in [0.15, 0.2) is 73.1 Å². The molecule has 6 rings (SSSR count). The molecule has 0 N–H and O–H groups in total. The highest BCUT2D eigenvalue weighted by atomic mass is 15.0. The van der Waals surface area contributed by atoms with E-state index in [-0.39, 0.29) is 0 Å². The van der Waals surface area contributed by atoms with E-state index < -0.39 is 0 Å². The number of hydrogen-bond acceptors (Lipinski definition) is 1. The Kier molecular flexibility index (Phi) is 2.74. The van der Waals surface area contributed by atoms with Gasteiger partial charge in [-0.2, -0.15) is 0 Å². The third kappa shape index (κ3) is 1.76. The first-order valence-corrected chi connectivity index (χ1v) is 9.23. The number of fused-ring (bicyclic) bond motifs is 6. The van der Waals surface area contributed by atoms with Crippen molar-refractivity contribution >= 4 is 38.1 Å². The molecule has 0 radical (unpaired) electrons. The zero-order valence-corrected chi connectivity index (χ0v) is 15.3. The predicted molar refractivity (Wildman–Crippen MR) is 110 cm³/mol. The van der Waals surface area contributed by atoms with Crippen LogP contribution >= 0.6 is 0 Å². The van der Waals surface area contributed by atoms with Gasteiger partial charge < -0.3 is 4.40 Å². The van der Waals surface area contributed by atoms with Gasteiger partial charge in [0.2, 0.25) is 0 Å². The van der Waals surface area contributed by atoms with Crippen molar-refractivity contribution in [3.05, 3.63) is 78.6 Å². The second-order valence-corrected chi connectivity index (χ2v) is 7.24. The van der Waals surface area contributed by atoms with Crippen molar-refractivity contribution in [1.29, 1.82) is 0 Å². The molecule has 0 spiro atoms. The number of aromatic nitrogens is 3. The van der Waals surface area contributed by atoms with E-state index in [4.69, 9.17) is 0 Å². The molecule has 0 bridgehead atoms. The third-order valence-electron chi connectivity index (χ3n) is 5.80. The molecular formula is C24H18N3+. The van der Waals surface area contributed by atoms with Gasteiger partial charge in [-0.05, 0) is 35.7 Å². The summed E-state index contributed by atoms with van der Waals surface area (Å²) in [4.78, 5) is 4.69. The molecule has 27 heavy (non-hydrogen) atoms. The molecule has 3 aromatic heterocycles. The Labute approximate surface area is 156 Å². The average molecular weight is 348 g/mol. The number of benzene rings is 3. The molecule has 128 valence electrons. The van der Waals surface area contributed by atoms with Gasteiger partial charge in [-0.25, -0.2) is 4.57 Å². The molecule has 0 fully saturated rings.